The van der Waals surface area contributed by atoms with E-state index in [2.05, 4.69) is 0 Å². The second-order valence-corrected chi connectivity index (χ2v) is 7.29. The smallest absolute Gasteiger partial charge is 0.282 e. The second kappa shape index (κ2) is 6.19. The SMILES string of the molecule is CS(=O)(=O)N1CCN(C(=O)c2cc(Cl)ccc2[N+](=O)[O-])CC1. The molecule has 120 valence electrons. The summed E-state index contributed by atoms with van der Waals surface area (Å²) in [5.74, 6) is -0.526. The zero-order valence-electron chi connectivity index (χ0n) is 11.7. The minimum atomic E-state index is -3.30. The second-order valence-electron chi connectivity index (χ2n) is 4.87. The number of nitrogens with zero attached hydrogens (tertiary/aromatic N) is 3. The van der Waals surface area contributed by atoms with Crippen LogP contribution in [0.5, 0.6) is 0 Å². The van der Waals surface area contributed by atoms with Gasteiger partial charge in [-0.05, 0) is 12.1 Å². The zero-order valence-corrected chi connectivity index (χ0v) is 13.3. The van der Waals surface area contributed by atoms with Crippen LogP contribution < -0.4 is 0 Å². The van der Waals surface area contributed by atoms with Crippen LogP contribution in [0.25, 0.3) is 0 Å². The molecular formula is C12H14ClN3O5S. The summed E-state index contributed by atoms with van der Waals surface area (Å²) >= 11 is 5.81. The molecule has 0 saturated carbocycles. The van der Waals surface area contributed by atoms with Crippen LogP contribution in [0.3, 0.4) is 0 Å². The lowest BCUT2D eigenvalue weighted by atomic mass is 10.1. The van der Waals surface area contributed by atoms with Crippen molar-refractivity contribution in [2.45, 2.75) is 0 Å². The summed E-state index contributed by atoms with van der Waals surface area (Å²) in [5, 5.41) is 11.2. The fraction of sp³-hybridized carbons (Fsp3) is 0.417. The molecule has 0 unspecified atom stereocenters. The predicted octanol–water partition coefficient (Wildman–Crippen LogP) is 0.966. The third-order valence-electron chi connectivity index (χ3n) is 3.38. The molecular weight excluding hydrogens is 334 g/mol. The number of carbonyl (C=O) groups excluding carboxylic acids is 1. The van der Waals surface area contributed by atoms with E-state index in [1.165, 1.54) is 27.4 Å². The Bertz CT molecular complexity index is 713. The van der Waals surface area contributed by atoms with Gasteiger partial charge in [0, 0.05) is 37.3 Å². The molecule has 1 aliphatic rings. The van der Waals surface area contributed by atoms with Gasteiger partial charge in [0.05, 0.1) is 11.2 Å². The van der Waals surface area contributed by atoms with Crippen molar-refractivity contribution in [3.05, 3.63) is 38.9 Å². The molecule has 22 heavy (non-hydrogen) atoms. The number of sulfonamides is 1. The van der Waals surface area contributed by atoms with E-state index in [-0.39, 0.29) is 42.5 Å². The first kappa shape index (κ1) is 16.7. The van der Waals surface area contributed by atoms with Crippen LogP contribution in [0, 0.1) is 10.1 Å². The average Bonchev–Trinajstić information content (AvgIpc) is 2.45. The molecule has 0 N–H and O–H groups in total. The molecule has 8 nitrogen and oxygen atoms in total. The van der Waals surface area contributed by atoms with Gasteiger partial charge in [0.25, 0.3) is 11.6 Å². The van der Waals surface area contributed by atoms with Gasteiger partial charge >= 0.3 is 0 Å². The lowest BCUT2D eigenvalue weighted by molar-refractivity contribution is -0.385. The normalized spacial score (nSPS) is 16.5. The number of hydrogen-bond acceptors (Lipinski definition) is 5. The number of nitro groups is 1. The van der Waals surface area contributed by atoms with Crippen molar-refractivity contribution in [1.82, 2.24) is 9.21 Å². The number of rotatable bonds is 3. The molecule has 0 bridgehead atoms. The first-order valence-corrected chi connectivity index (χ1v) is 8.61. The monoisotopic (exact) mass is 347 g/mol. The zero-order chi connectivity index (χ0) is 16.5. The summed E-state index contributed by atoms with van der Waals surface area (Å²) in [6.45, 7) is 0.684. The summed E-state index contributed by atoms with van der Waals surface area (Å²) in [5.41, 5.74) is -0.412. The van der Waals surface area contributed by atoms with Gasteiger partial charge in [-0.3, -0.25) is 14.9 Å². The Morgan fingerprint density at radius 3 is 2.36 bits per heavy atom. The number of piperazine rings is 1. The van der Waals surface area contributed by atoms with Crippen LogP contribution in [0.2, 0.25) is 5.02 Å². The van der Waals surface area contributed by atoms with E-state index in [1.54, 1.807) is 0 Å². The quantitative estimate of drug-likeness (QED) is 0.599. The van der Waals surface area contributed by atoms with Gasteiger partial charge in [-0.15, -0.1) is 0 Å². The van der Waals surface area contributed by atoms with Gasteiger partial charge in [-0.2, -0.15) is 4.31 Å². The van der Waals surface area contributed by atoms with E-state index in [0.717, 1.165) is 6.26 Å². The summed E-state index contributed by atoms with van der Waals surface area (Å²) in [4.78, 5) is 24.2. The molecule has 1 fully saturated rings. The van der Waals surface area contributed by atoms with Crippen LogP contribution in [0.4, 0.5) is 5.69 Å². The highest BCUT2D eigenvalue weighted by Crippen LogP contribution is 2.24. The van der Waals surface area contributed by atoms with E-state index < -0.39 is 20.9 Å². The predicted molar refractivity (Wildman–Crippen MR) is 80.4 cm³/mol. The fourth-order valence-electron chi connectivity index (χ4n) is 2.23. The first-order chi connectivity index (χ1) is 10.2. The third-order valence-corrected chi connectivity index (χ3v) is 4.92. The van der Waals surface area contributed by atoms with Crippen LogP contribution in [0.15, 0.2) is 18.2 Å². The Labute approximate surface area is 132 Å². The maximum atomic E-state index is 12.4. The Hall–Kier alpha value is -1.71. The highest BCUT2D eigenvalue weighted by Gasteiger charge is 2.30. The number of carbonyl (C=O) groups is 1. The first-order valence-electron chi connectivity index (χ1n) is 6.38. The van der Waals surface area contributed by atoms with Crippen molar-refractivity contribution >= 4 is 33.2 Å². The largest absolute Gasteiger partial charge is 0.336 e. The molecule has 2 rings (SSSR count). The topological polar surface area (TPSA) is 101 Å². The molecule has 1 heterocycles. The lowest BCUT2D eigenvalue weighted by Gasteiger charge is -2.33. The Morgan fingerprint density at radius 1 is 1.27 bits per heavy atom. The van der Waals surface area contributed by atoms with E-state index in [4.69, 9.17) is 11.6 Å². The maximum absolute atomic E-state index is 12.4. The summed E-state index contributed by atoms with van der Waals surface area (Å²) in [6.07, 6.45) is 1.10. The standard InChI is InChI=1S/C12H14ClN3O5S/c1-22(20,21)15-6-4-14(5-7-15)12(17)10-8-9(13)2-3-11(10)16(18)19/h2-3,8H,4-7H2,1H3. The van der Waals surface area contributed by atoms with Gasteiger partial charge in [-0.1, -0.05) is 11.6 Å². The van der Waals surface area contributed by atoms with Crippen LogP contribution in [-0.2, 0) is 10.0 Å². The van der Waals surface area contributed by atoms with Crippen molar-refractivity contribution in [2.24, 2.45) is 0 Å². The molecule has 0 aliphatic carbocycles. The molecule has 0 radical (unpaired) electrons. The van der Waals surface area contributed by atoms with Crippen LogP contribution in [0.1, 0.15) is 10.4 Å². The van der Waals surface area contributed by atoms with E-state index in [9.17, 15) is 23.3 Å². The van der Waals surface area contributed by atoms with Crippen molar-refractivity contribution in [3.8, 4) is 0 Å². The molecule has 0 spiro atoms. The van der Waals surface area contributed by atoms with Gasteiger partial charge in [0.1, 0.15) is 5.56 Å². The highest BCUT2D eigenvalue weighted by molar-refractivity contribution is 7.88. The molecule has 1 aliphatic heterocycles. The van der Waals surface area contributed by atoms with Gasteiger partial charge in [-0.25, -0.2) is 8.42 Å². The van der Waals surface area contributed by atoms with Gasteiger partial charge in [0.2, 0.25) is 10.0 Å². The van der Waals surface area contributed by atoms with Crippen molar-refractivity contribution in [1.29, 1.82) is 0 Å². The van der Waals surface area contributed by atoms with Crippen molar-refractivity contribution in [2.75, 3.05) is 32.4 Å². The molecule has 10 heteroatoms. The number of hydrogen-bond donors (Lipinski definition) is 0. The summed E-state index contributed by atoms with van der Waals surface area (Å²) < 4.78 is 24.1. The number of amides is 1. The summed E-state index contributed by atoms with van der Waals surface area (Å²) in [6, 6.07) is 3.78. The fourth-order valence-corrected chi connectivity index (χ4v) is 3.23. The number of nitro benzene ring substituents is 1. The highest BCUT2D eigenvalue weighted by atomic mass is 35.5. The maximum Gasteiger partial charge on any atom is 0.282 e. The minimum absolute atomic E-state index is 0.0923. The molecule has 1 saturated heterocycles. The molecule has 1 aromatic carbocycles. The van der Waals surface area contributed by atoms with E-state index in [0.29, 0.717) is 0 Å². The van der Waals surface area contributed by atoms with Gasteiger partial charge < -0.3 is 4.90 Å². The number of halogens is 1. The van der Waals surface area contributed by atoms with Crippen molar-refractivity contribution < 1.29 is 18.1 Å². The van der Waals surface area contributed by atoms with E-state index >= 15 is 0 Å². The van der Waals surface area contributed by atoms with Gasteiger partial charge in [0.15, 0.2) is 0 Å². The molecule has 1 aromatic rings. The molecule has 0 aromatic heterocycles. The van der Waals surface area contributed by atoms with Crippen LogP contribution in [-0.4, -0.2) is 60.9 Å². The van der Waals surface area contributed by atoms with E-state index in [1.807, 2.05) is 0 Å². The molecule has 0 atom stereocenters. The van der Waals surface area contributed by atoms with Crippen molar-refractivity contribution in [3.63, 3.8) is 0 Å². The third kappa shape index (κ3) is 3.54. The Balaban J connectivity index is 2.20. The average molecular weight is 348 g/mol. The van der Waals surface area contributed by atoms with Crippen LogP contribution >= 0.6 is 11.6 Å². The Kier molecular flexibility index (Phi) is 4.69. The Morgan fingerprint density at radius 2 is 1.86 bits per heavy atom. The summed E-state index contributed by atoms with van der Waals surface area (Å²) in [7, 11) is -3.30. The number of benzene rings is 1. The lowest BCUT2D eigenvalue weighted by Crippen LogP contribution is -2.50. The minimum Gasteiger partial charge on any atom is -0.336 e. The molecule has 1 amide bonds.